The maximum Gasteiger partial charge on any atom is 0.337 e. The maximum atomic E-state index is 12.5. The molecule has 3 aliphatic rings. The van der Waals surface area contributed by atoms with E-state index in [1.807, 2.05) is 6.07 Å². The smallest absolute Gasteiger partial charge is 0.337 e. The van der Waals surface area contributed by atoms with Crippen molar-refractivity contribution in [2.45, 2.75) is 38.3 Å². The van der Waals surface area contributed by atoms with Gasteiger partial charge in [-0.1, -0.05) is 0 Å². The number of aromatic amines is 1. The SMILES string of the molecule is COC(=O)C1=CO[C@@H](C)[C@@H]2CN3CCc4c([nH]c5cc(OC)c(OC)cc45)[C@@]3(C)C[C@H]12. The van der Waals surface area contributed by atoms with Crippen LogP contribution in [-0.2, 0) is 26.2 Å². The van der Waals surface area contributed by atoms with E-state index in [0.717, 1.165) is 37.2 Å². The maximum absolute atomic E-state index is 12.5. The lowest BCUT2D eigenvalue weighted by Gasteiger charge is -2.55. The molecule has 2 aromatic rings. The monoisotopic (exact) mass is 426 g/mol. The van der Waals surface area contributed by atoms with Gasteiger partial charge in [0.25, 0.3) is 0 Å². The van der Waals surface area contributed by atoms with Gasteiger partial charge in [-0.05, 0) is 38.3 Å². The molecule has 1 saturated heterocycles. The third kappa shape index (κ3) is 2.86. The third-order valence-electron chi connectivity index (χ3n) is 7.68. The Kier molecular flexibility index (Phi) is 4.70. The fourth-order valence-electron chi connectivity index (χ4n) is 5.94. The minimum Gasteiger partial charge on any atom is -0.497 e. The van der Waals surface area contributed by atoms with E-state index in [1.165, 1.54) is 23.8 Å². The van der Waals surface area contributed by atoms with Crippen molar-refractivity contribution in [3.8, 4) is 11.5 Å². The molecule has 1 N–H and O–H groups in total. The van der Waals surface area contributed by atoms with Crippen LogP contribution in [0.25, 0.3) is 10.9 Å². The second-order valence-corrected chi connectivity index (χ2v) is 9.08. The highest BCUT2D eigenvalue weighted by Crippen LogP contribution is 2.51. The minimum atomic E-state index is -0.291. The summed E-state index contributed by atoms with van der Waals surface area (Å²) < 4.78 is 22.0. The number of benzene rings is 1. The molecule has 0 unspecified atom stereocenters. The lowest BCUT2D eigenvalue weighted by atomic mass is 9.67. The molecular formula is C24H30N2O5. The van der Waals surface area contributed by atoms with E-state index in [0.29, 0.717) is 11.3 Å². The zero-order valence-corrected chi connectivity index (χ0v) is 18.8. The van der Waals surface area contributed by atoms with E-state index < -0.39 is 0 Å². The van der Waals surface area contributed by atoms with Gasteiger partial charge in [-0.2, -0.15) is 0 Å². The van der Waals surface area contributed by atoms with Crippen molar-refractivity contribution in [3.05, 3.63) is 35.2 Å². The minimum absolute atomic E-state index is 0.0700. The summed E-state index contributed by atoms with van der Waals surface area (Å²) in [6.07, 6.45) is 3.50. The predicted molar refractivity (Wildman–Crippen MR) is 116 cm³/mol. The quantitative estimate of drug-likeness (QED) is 0.759. The van der Waals surface area contributed by atoms with Crippen molar-refractivity contribution < 1.29 is 23.7 Å². The average Bonchev–Trinajstić information content (AvgIpc) is 3.15. The van der Waals surface area contributed by atoms with Crippen LogP contribution in [0.5, 0.6) is 11.5 Å². The molecule has 0 amide bonds. The van der Waals surface area contributed by atoms with Gasteiger partial charge in [0.05, 0.1) is 44.8 Å². The van der Waals surface area contributed by atoms with Gasteiger partial charge in [0.15, 0.2) is 11.5 Å². The molecule has 0 radical (unpaired) electrons. The molecule has 3 aliphatic heterocycles. The Morgan fingerprint density at radius 1 is 1.23 bits per heavy atom. The van der Waals surface area contributed by atoms with Crippen LogP contribution >= 0.6 is 0 Å². The van der Waals surface area contributed by atoms with Gasteiger partial charge in [-0.25, -0.2) is 4.79 Å². The number of nitrogens with one attached hydrogen (secondary N) is 1. The summed E-state index contributed by atoms with van der Waals surface area (Å²) in [6.45, 7) is 6.25. The summed E-state index contributed by atoms with van der Waals surface area (Å²) >= 11 is 0. The van der Waals surface area contributed by atoms with E-state index in [1.54, 1.807) is 20.5 Å². The first-order valence-electron chi connectivity index (χ1n) is 10.9. The number of nitrogens with zero attached hydrogens (tertiary/aromatic N) is 1. The number of methoxy groups -OCH3 is 3. The molecule has 0 saturated carbocycles. The average molecular weight is 427 g/mol. The van der Waals surface area contributed by atoms with Crippen molar-refractivity contribution in [1.29, 1.82) is 0 Å². The molecule has 7 heteroatoms. The van der Waals surface area contributed by atoms with Gasteiger partial charge in [0, 0.05) is 47.6 Å². The van der Waals surface area contributed by atoms with Crippen molar-refractivity contribution in [3.63, 3.8) is 0 Å². The Hall–Kier alpha value is -2.67. The van der Waals surface area contributed by atoms with Crippen molar-refractivity contribution in [1.82, 2.24) is 9.88 Å². The van der Waals surface area contributed by atoms with Gasteiger partial charge in [-0.3, -0.25) is 4.90 Å². The largest absolute Gasteiger partial charge is 0.497 e. The van der Waals surface area contributed by atoms with E-state index >= 15 is 0 Å². The highest BCUT2D eigenvalue weighted by molar-refractivity contribution is 5.90. The predicted octanol–water partition coefficient (Wildman–Crippen LogP) is 3.37. The van der Waals surface area contributed by atoms with Crippen molar-refractivity contribution >= 4 is 16.9 Å². The Labute approximate surface area is 182 Å². The number of hydrogen-bond acceptors (Lipinski definition) is 6. The molecule has 31 heavy (non-hydrogen) atoms. The van der Waals surface area contributed by atoms with Crippen LogP contribution in [0.3, 0.4) is 0 Å². The number of carbonyl (C=O) groups excluding carboxylic acids is 1. The van der Waals surface area contributed by atoms with E-state index in [4.69, 9.17) is 18.9 Å². The zero-order chi connectivity index (χ0) is 21.9. The van der Waals surface area contributed by atoms with Gasteiger partial charge < -0.3 is 23.9 Å². The number of esters is 1. The highest BCUT2D eigenvalue weighted by Gasteiger charge is 2.52. The van der Waals surface area contributed by atoms with Gasteiger partial charge in [-0.15, -0.1) is 0 Å². The number of fused-ring (bicyclic) bond motifs is 6. The molecule has 5 rings (SSSR count). The Bertz CT molecular complexity index is 1070. The lowest BCUT2D eigenvalue weighted by molar-refractivity contribution is -0.140. The number of H-pyrrole nitrogens is 1. The van der Waals surface area contributed by atoms with E-state index in [-0.39, 0.29) is 29.4 Å². The Morgan fingerprint density at radius 2 is 1.97 bits per heavy atom. The van der Waals surface area contributed by atoms with Crippen LogP contribution in [0.15, 0.2) is 24.0 Å². The number of hydrogen-bond donors (Lipinski definition) is 1. The molecule has 0 bridgehead atoms. The topological polar surface area (TPSA) is 73.0 Å². The van der Waals surface area contributed by atoms with Crippen molar-refractivity contribution in [2.24, 2.45) is 11.8 Å². The summed E-state index contributed by atoms with van der Waals surface area (Å²) in [5.41, 5.74) is 4.05. The van der Waals surface area contributed by atoms with Crippen molar-refractivity contribution in [2.75, 3.05) is 34.4 Å². The first kappa shape index (κ1) is 20.2. The highest BCUT2D eigenvalue weighted by atomic mass is 16.5. The molecule has 0 aliphatic carbocycles. The summed E-state index contributed by atoms with van der Waals surface area (Å²) in [4.78, 5) is 18.8. The van der Waals surface area contributed by atoms with Gasteiger partial charge in [0.1, 0.15) is 0 Å². The molecule has 7 nitrogen and oxygen atoms in total. The molecule has 1 aromatic carbocycles. The molecule has 0 spiro atoms. The number of rotatable bonds is 3. The van der Waals surface area contributed by atoms with Crippen LogP contribution in [0.2, 0.25) is 0 Å². The molecule has 166 valence electrons. The fourth-order valence-corrected chi connectivity index (χ4v) is 5.94. The summed E-state index contributed by atoms with van der Waals surface area (Å²) in [5.74, 6) is 1.52. The summed E-state index contributed by atoms with van der Waals surface area (Å²) in [5, 5.41) is 1.18. The molecule has 4 atom stereocenters. The standard InChI is InChI=1S/C24H30N2O5/c1-13-17-11-26-7-6-14-15-8-20(28-3)21(29-4)9-19(15)25-22(14)24(26,2)10-16(17)18(12-31-13)23(27)30-5/h8-9,12-13,16-17,25H,6-7,10-11H2,1-5H3/t13-,16-,17-,24+/m0/s1. The van der Waals surface area contributed by atoms with Gasteiger partial charge >= 0.3 is 5.97 Å². The molecular weight excluding hydrogens is 396 g/mol. The van der Waals surface area contributed by atoms with E-state index in [2.05, 4.69) is 29.8 Å². The summed E-state index contributed by atoms with van der Waals surface area (Å²) in [6, 6.07) is 4.09. The first-order valence-corrected chi connectivity index (χ1v) is 10.9. The number of piperidine rings is 1. The van der Waals surface area contributed by atoms with E-state index in [9.17, 15) is 4.79 Å². The second kappa shape index (κ2) is 7.19. The van der Waals surface area contributed by atoms with Crippen LogP contribution in [0, 0.1) is 11.8 Å². The van der Waals surface area contributed by atoms with Crippen LogP contribution in [-0.4, -0.2) is 56.4 Å². The second-order valence-electron chi connectivity index (χ2n) is 9.08. The molecule has 1 fully saturated rings. The lowest BCUT2D eigenvalue weighted by Crippen LogP contribution is -2.59. The van der Waals surface area contributed by atoms with Gasteiger partial charge in [0.2, 0.25) is 0 Å². The number of carbonyl (C=O) groups is 1. The van der Waals surface area contributed by atoms with Crippen LogP contribution < -0.4 is 9.47 Å². The number of ether oxygens (including phenoxy) is 4. The Balaban J connectivity index is 1.61. The first-order chi connectivity index (χ1) is 14.9. The molecule has 1 aromatic heterocycles. The number of aromatic nitrogens is 1. The Morgan fingerprint density at radius 3 is 2.68 bits per heavy atom. The zero-order valence-electron chi connectivity index (χ0n) is 18.8. The third-order valence-corrected chi connectivity index (χ3v) is 7.68. The normalized spacial score (nSPS) is 29.8. The summed E-state index contributed by atoms with van der Waals surface area (Å²) in [7, 11) is 4.76. The van der Waals surface area contributed by atoms with Crippen LogP contribution in [0.1, 0.15) is 31.5 Å². The van der Waals surface area contributed by atoms with Crippen LogP contribution in [0.4, 0.5) is 0 Å². The molecule has 4 heterocycles. The fraction of sp³-hybridized carbons (Fsp3) is 0.542.